The zero-order valence-electron chi connectivity index (χ0n) is 11.8. The molecule has 2 aromatic rings. The Morgan fingerprint density at radius 2 is 0.913 bits per heavy atom. The minimum absolute atomic E-state index is 0.920. The number of rotatable bonds is 2. The van der Waals surface area contributed by atoms with Gasteiger partial charge in [0.25, 0.3) is 0 Å². The molecule has 0 bridgehead atoms. The van der Waals surface area contributed by atoms with E-state index in [0.29, 0.717) is 0 Å². The molecule has 0 radical (unpaired) electrons. The Morgan fingerprint density at radius 1 is 0.696 bits per heavy atom. The van der Waals surface area contributed by atoms with Gasteiger partial charge in [0, 0.05) is 10.6 Å². The molecule has 0 amide bonds. The quantitative estimate of drug-likeness (QED) is 0.351. The molecule has 0 unspecified atom stereocenters. The van der Waals surface area contributed by atoms with E-state index in [2.05, 4.69) is 0 Å². The second kappa shape index (κ2) is 16.7. The maximum atomic E-state index is 12.0. The van der Waals surface area contributed by atoms with E-state index in [-0.39, 0.29) is 0 Å². The summed E-state index contributed by atoms with van der Waals surface area (Å²) in [7, 11) is -1.79. The molecule has 1 N–H and O–H groups in total. The minimum atomic E-state index is -1.79. The van der Waals surface area contributed by atoms with Crippen molar-refractivity contribution in [2.24, 2.45) is 0 Å². The van der Waals surface area contributed by atoms with Crippen molar-refractivity contribution in [2.45, 2.75) is 0 Å². The molecule has 0 saturated heterocycles. The highest BCUT2D eigenvalue weighted by Crippen LogP contribution is 2.18. The molecule has 23 heavy (non-hydrogen) atoms. The summed E-state index contributed by atoms with van der Waals surface area (Å²) in [4.78, 5) is 4.75. The van der Waals surface area contributed by atoms with Crippen LogP contribution >= 0.6 is 7.80 Å². The smallest absolute Gasteiger partial charge is 0.131 e. The van der Waals surface area contributed by atoms with E-state index in [4.69, 9.17) is 33.2 Å². The van der Waals surface area contributed by atoms with Crippen molar-refractivity contribution < 1.29 is 4.57 Å². The second-order valence-electron chi connectivity index (χ2n) is 3.34. The first kappa shape index (κ1) is 21.9. The van der Waals surface area contributed by atoms with Crippen molar-refractivity contribution in [1.82, 2.24) is 0 Å². The number of nitrogens with zero attached hydrogens (tertiary/aromatic N) is 8. The van der Waals surface area contributed by atoms with Gasteiger partial charge < -0.3 is 26.7 Å². The minimum Gasteiger partial charge on any atom is -0.373 e. The summed E-state index contributed by atoms with van der Waals surface area (Å²) >= 11 is 0. The molecule has 0 aromatic heterocycles. The molecule has 0 aliphatic heterocycles. The van der Waals surface area contributed by atoms with Gasteiger partial charge in [-0.05, 0) is 10.4 Å². The lowest BCUT2D eigenvalue weighted by molar-refractivity contribution is 0.598. The van der Waals surface area contributed by atoms with Crippen LogP contribution in [0, 0.1) is 5.53 Å². The molecular weight excluding hydrogens is 317 g/mol. The van der Waals surface area contributed by atoms with Gasteiger partial charge in [0.1, 0.15) is 7.80 Å². The number of nitrogens with one attached hydrogen (secondary N) is 1. The molecule has 11 heteroatoms. The molecule has 0 heterocycles. The topological polar surface area (TPSA) is 195 Å². The molecule has 10 nitrogen and oxygen atoms in total. The SMILES string of the molecule is O=[PH](c1ccccc1)c1ccccc1.[N-]=[N+]=N.[N-]=[N+]=[N-].[N-]=[N+]=[N-]. The van der Waals surface area contributed by atoms with Crippen molar-refractivity contribution in [1.29, 1.82) is 5.53 Å². The lowest BCUT2D eigenvalue weighted by Gasteiger charge is -2.01. The fraction of sp³-hybridized carbons (Fsp3) is 0. The molecule has 0 spiro atoms. The first-order valence-corrected chi connectivity index (χ1v) is 7.16. The Balaban J connectivity index is 0. The Kier molecular flexibility index (Phi) is 15.9. The first-order chi connectivity index (χ1) is 11.1. The van der Waals surface area contributed by atoms with Crippen LogP contribution in [0.5, 0.6) is 0 Å². The van der Waals surface area contributed by atoms with Gasteiger partial charge in [-0.1, -0.05) is 60.7 Å². The molecule has 0 atom stereocenters. The summed E-state index contributed by atoms with van der Waals surface area (Å²) in [5.41, 5.74) is 39.2. The lowest BCUT2D eigenvalue weighted by atomic mass is 10.4. The summed E-state index contributed by atoms with van der Waals surface area (Å²) in [6, 6.07) is 19.2. The average Bonchev–Trinajstić information content (AvgIpc) is 2.58. The van der Waals surface area contributed by atoms with Crippen LogP contribution < -0.4 is 10.6 Å². The molecule has 2 rings (SSSR count). The van der Waals surface area contributed by atoms with E-state index in [1.807, 2.05) is 60.7 Å². The van der Waals surface area contributed by atoms with Crippen molar-refractivity contribution >= 4 is 18.4 Å². The third kappa shape index (κ3) is 12.1. The largest absolute Gasteiger partial charge is 0.373 e. The van der Waals surface area contributed by atoms with Crippen molar-refractivity contribution in [2.75, 3.05) is 0 Å². The molecule has 0 saturated carbocycles. The summed E-state index contributed by atoms with van der Waals surface area (Å²) in [5.74, 6) is 0. The highest BCUT2D eigenvalue weighted by Gasteiger charge is 2.03. The lowest BCUT2D eigenvalue weighted by Crippen LogP contribution is -2.04. The Hall–Kier alpha value is -3.40. The van der Waals surface area contributed by atoms with Crippen LogP contribution in [-0.2, 0) is 4.57 Å². The molecule has 0 aliphatic carbocycles. The van der Waals surface area contributed by atoms with Gasteiger partial charge >= 0.3 is 0 Å². The molecular formula is C12H12N9OP-2. The Morgan fingerprint density at radius 3 is 1.13 bits per heavy atom. The van der Waals surface area contributed by atoms with Gasteiger partial charge in [-0.2, -0.15) is 0 Å². The summed E-state index contributed by atoms with van der Waals surface area (Å²) in [6.45, 7) is 0. The predicted molar refractivity (Wildman–Crippen MR) is 90.7 cm³/mol. The van der Waals surface area contributed by atoms with Crippen LogP contribution in [0.1, 0.15) is 0 Å². The average molecular weight is 329 g/mol. The zero-order valence-corrected chi connectivity index (χ0v) is 12.8. The van der Waals surface area contributed by atoms with Gasteiger partial charge in [-0.3, -0.25) is 9.82 Å². The number of hydrogen-bond acceptors (Lipinski definition) is 2. The molecule has 0 fully saturated rings. The Bertz CT molecular complexity index is 602. The van der Waals surface area contributed by atoms with Crippen molar-refractivity contribution in [3.8, 4) is 0 Å². The summed E-state index contributed by atoms with van der Waals surface area (Å²) < 4.78 is 12.0. The van der Waals surface area contributed by atoms with Crippen LogP contribution in [0.25, 0.3) is 42.4 Å². The molecule has 2 aromatic carbocycles. The second-order valence-corrected chi connectivity index (χ2v) is 5.15. The van der Waals surface area contributed by atoms with Crippen LogP contribution in [-0.4, -0.2) is 0 Å². The summed E-state index contributed by atoms with van der Waals surface area (Å²) in [5, 5.41) is 1.84. The van der Waals surface area contributed by atoms with Gasteiger partial charge in [-0.15, -0.1) is 5.53 Å². The Labute approximate surface area is 132 Å². The van der Waals surface area contributed by atoms with Gasteiger partial charge in [0.15, 0.2) is 0 Å². The maximum Gasteiger partial charge on any atom is 0.131 e. The molecule has 118 valence electrons. The normalized spacial score (nSPS) is 7.35. The highest BCUT2D eigenvalue weighted by molar-refractivity contribution is 7.61. The number of benzene rings is 2. The van der Waals surface area contributed by atoms with E-state index in [0.717, 1.165) is 10.6 Å². The standard InChI is InChI=1S/C12H11OP.HN3.2N3/c13-14(11-7-3-1-4-8-11)12-9-5-2-6-10-12;3*1-3-2/h1-10,14H;1H;;/q;;2*-1. The van der Waals surface area contributed by atoms with Crippen LogP contribution in [0.4, 0.5) is 0 Å². The van der Waals surface area contributed by atoms with Crippen LogP contribution in [0.3, 0.4) is 0 Å². The van der Waals surface area contributed by atoms with Crippen molar-refractivity contribution in [3.63, 3.8) is 0 Å². The number of hydrogen-bond donors (Lipinski definition) is 1. The first-order valence-electron chi connectivity index (χ1n) is 5.75. The van der Waals surface area contributed by atoms with Gasteiger partial charge in [-0.25, -0.2) is 0 Å². The molecule has 0 aliphatic rings. The van der Waals surface area contributed by atoms with E-state index in [1.165, 1.54) is 9.82 Å². The van der Waals surface area contributed by atoms with E-state index in [1.54, 1.807) is 4.91 Å². The predicted octanol–water partition coefficient (Wildman–Crippen LogP) is 4.80. The van der Waals surface area contributed by atoms with E-state index in [9.17, 15) is 4.57 Å². The maximum absolute atomic E-state index is 12.0. The summed E-state index contributed by atoms with van der Waals surface area (Å²) in [6.07, 6.45) is 0. The van der Waals surface area contributed by atoms with Gasteiger partial charge in [0.05, 0.1) is 0 Å². The van der Waals surface area contributed by atoms with Crippen LogP contribution in [0.15, 0.2) is 60.7 Å². The zero-order chi connectivity index (χ0) is 17.9. The fourth-order valence-corrected chi connectivity index (χ4v) is 2.67. The van der Waals surface area contributed by atoms with E-state index >= 15 is 0 Å². The highest BCUT2D eigenvalue weighted by atomic mass is 31.1. The third-order valence-electron chi connectivity index (χ3n) is 2.07. The van der Waals surface area contributed by atoms with Crippen molar-refractivity contribution in [3.05, 3.63) is 103 Å². The van der Waals surface area contributed by atoms with Crippen LogP contribution in [0.2, 0.25) is 0 Å². The third-order valence-corrected chi connectivity index (χ3v) is 3.79. The fourth-order valence-electron chi connectivity index (χ4n) is 1.35. The van der Waals surface area contributed by atoms with Gasteiger partial charge in [0.2, 0.25) is 0 Å². The van der Waals surface area contributed by atoms with E-state index < -0.39 is 7.80 Å². The monoisotopic (exact) mass is 329 g/mol.